The number of methoxy groups -OCH3 is 1. The van der Waals surface area contributed by atoms with E-state index in [0.29, 0.717) is 5.56 Å². The Morgan fingerprint density at radius 1 is 1.10 bits per heavy atom. The van der Waals surface area contributed by atoms with E-state index >= 15 is 0 Å². The summed E-state index contributed by atoms with van der Waals surface area (Å²) in [5, 5.41) is 14.5. The molecule has 1 atom stereocenters. The van der Waals surface area contributed by atoms with Gasteiger partial charge in [-0.05, 0) is 36.3 Å². The number of amides is 2. The fraction of sp³-hybridized carbons (Fsp3) is 0.136. The number of carboxylic acid groups (broad SMARTS) is 1. The molecule has 154 valence electrons. The fourth-order valence-electron chi connectivity index (χ4n) is 3.05. The lowest BCUT2D eigenvalue weighted by atomic mass is 9.95. The number of hydrogen-bond acceptors (Lipinski definition) is 5. The van der Waals surface area contributed by atoms with Gasteiger partial charge in [-0.3, -0.25) is 0 Å². The molecular formula is C22H20N2O6. The second kappa shape index (κ2) is 8.95. The van der Waals surface area contributed by atoms with Gasteiger partial charge < -0.3 is 25.2 Å². The molecular weight excluding hydrogens is 388 g/mol. The van der Waals surface area contributed by atoms with Gasteiger partial charge in [0.25, 0.3) is 0 Å². The molecule has 0 saturated carbocycles. The van der Waals surface area contributed by atoms with E-state index < -0.39 is 24.0 Å². The summed E-state index contributed by atoms with van der Waals surface area (Å²) in [6.07, 6.45) is 2.92. The summed E-state index contributed by atoms with van der Waals surface area (Å²) >= 11 is 0. The number of carbonyl (C=O) groups excluding carboxylic acids is 2. The molecule has 0 saturated heterocycles. The molecule has 0 aromatic heterocycles. The fourth-order valence-corrected chi connectivity index (χ4v) is 3.05. The third kappa shape index (κ3) is 4.67. The van der Waals surface area contributed by atoms with Crippen LogP contribution in [0.2, 0.25) is 0 Å². The third-order valence-electron chi connectivity index (χ3n) is 4.44. The normalized spacial score (nSPS) is 16.1. The highest BCUT2D eigenvalue weighted by Gasteiger charge is 2.31. The molecule has 8 heteroatoms. The number of nitrogens with one attached hydrogen (secondary N) is 2. The summed E-state index contributed by atoms with van der Waals surface area (Å²) in [5.41, 5.74) is 1.57. The molecule has 0 fully saturated rings. The van der Waals surface area contributed by atoms with Crippen molar-refractivity contribution >= 4 is 24.0 Å². The maximum atomic E-state index is 12.2. The molecule has 2 aromatic carbocycles. The van der Waals surface area contributed by atoms with Crippen molar-refractivity contribution in [3.63, 3.8) is 0 Å². The van der Waals surface area contributed by atoms with Crippen LogP contribution in [0.15, 0.2) is 65.9 Å². The molecule has 0 spiro atoms. The zero-order chi connectivity index (χ0) is 21.7. The van der Waals surface area contributed by atoms with Crippen LogP contribution in [0.1, 0.15) is 24.1 Å². The monoisotopic (exact) mass is 408 g/mol. The topological polar surface area (TPSA) is 114 Å². The first kappa shape index (κ1) is 20.7. The van der Waals surface area contributed by atoms with Crippen LogP contribution in [0.3, 0.4) is 0 Å². The molecule has 2 aromatic rings. The zero-order valence-electron chi connectivity index (χ0n) is 16.3. The van der Waals surface area contributed by atoms with Crippen LogP contribution in [0.25, 0.3) is 6.08 Å². The summed E-state index contributed by atoms with van der Waals surface area (Å²) in [7, 11) is 1.40. The Bertz CT molecular complexity index is 1040. The van der Waals surface area contributed by atoms with Gasteiger partial charge in [-0.2, -0.15) is 0 Å². The average molecular weight is 408 g/mol. The SMILES string of the molecule is COc1cc(C2NC(=O)NC(C)=C2C(=O)O)ccc1OC(=O)/C=C/c1ccccc1. The number of carbonyl (C=O) groups is 3. The average Bonchev–Trinajstić information content (AvgIpc) is 2.72. The van der Waals surface area contributed by atoms with Gasteiger partial charge in [0.05, 0.1) is 18.7 Å². The lowest BCUT2D eigenvalue weighted by Crippen LogP contribution is -2.45. The first-order valence-corrected chi connectivity index (χ1v) is 9.03. The number of rotatable bonds is 6. The molecule has 0 bridgehead atoms. The van der Waals surface area contributed by atoms with Crippen molar-refractivity contribution in [1.29, 1.82) is 0 Å². The summed E-state index contributed by atoms with van der Waals surface area (Å²) in [5.74, 6) is -1.36. The summed E-state index contributed by atoms with van der Waals surface area (Å²) in [4.78, 5) is 35.6. The molecule has 0 aliphatic carbocycles. The summed E-state index contributed by atoms with van der Waals surface area (Å²) in [6.45, 7) is 1.52. The quantitative estimate of drug-likeness (QED) is 0.385. The van der Waals surface area contributed by atoms with Crippen LogP contribution < -0.4 is 20.1 Å². The Kier molecular flexibility index (Phi) is 6.17. The van der Waals surface area contributed by atoms with Gasteiger partial charge in [-0.1, -0.05) is 36.4 Å². The van der Waals surface area contributed by atoms with Crippen LogP contribution in [0.4, 0.5) is 4.79 Å². The van der Waals surface area contributed by atoms with Gasteiger partial charge >= 0.3 is 18.0 Å². The number of ether oxygens (including phenoxy) is 2. The van der Waals surface area contributed by atoms with E-state index in [1.165, 1.54) is 32.2 Å². The highest BCUT2D eigenvalue weighted by atomic mass is 16.6. The molecule has 3 rings (SSSR count). The number of esters is 1. The predicted octanol–water partition coefficient (Wildman–Crippen LogP) is 3.03. The second-order valence-electron chi connectivity index (χ2n) is 6.45. The highest BCUT2D eigenvalue weighted by molar-refractivity contribution is 5.94. The van der Waals surface area contributed by atoms with Crippen molar-refractivity contribution in [3.05, 3.63) is 77.0 Å². The molecule has 1 aliphatic heterocycles. The van der Waals surface area contributed by atoms with Crippen molar-refractivity contribution < 1.29 is 29.0 Å². The minimum atomic E-state index is -1.16. The third-order valence-corrected chi connectivity index (χ3v) is 4.44. The molecule has 8 nitrogen and oxygen atoms in total. The minimum Gasteiger partial charge on any atom is -0.493 e. The Morgan fingerprint density at radius 2 is 1.83 bits per heavy atom. The van der Waals surface area contributed by atoms with E-state index in [4.69, 9.17) is 9.47 Å². The molecule has 3 N–H and O–H groups in total. The summed E-state index contributed by atoms with van der Waals surface area (Å²) in [6, 6.07) is 12.5. The first-order chi connectivity index (χ1) is 14.4. The molecule has 1 aliphatic rings. The van der Waals surface area contributed by atoms with Crippen LogP contribution in [-0.4, -0.2) is 30.2 Å². The van der Waals surface area contributed by atoms with Crippen molar-refractivity contribution in [2.75, 3.05) is 7.11 Å². The molecule has 1 unspecified atom stereocenters. The molecule has 1 heterocycles. The number of benzene rings is 2. The number of carboxylic acids is 1. The Labute approximate surface area is 172 Å². The lowest BCUT2D eigenvalue weighted by molar-refractivity contribution is -0.133. The largest absolute Gasteiger partial charge is 0.493 e. The first-order valence-electron chi connectivity index (χ1n) is 9.03. The van der Waals surface area contributed by atoms with E-state index in [1.807, 2.05) is 30.3 Å². The van der Waals surface area contributed by atoms with Gasteiger partial charge in [0.15, 0.2) is 11.5 Å². The lowest BCUT2D eigenvalue weighted by Gasteiger charge is -2.27. The number of hydrogen-bond donors (Lipinski definition) is 3. The van der Waals surface area contributed by atoms with E-state index in [1.54, 1.807) is 12.1 Å². The van der Waals surface area contributed by atoms with Crippen molar-refractivity contribution in [1.82, 2.24) is 10.6 Å². The Balaban J connectivity index is 1.83. The van der Waals surface area contributed by atoms with Crippen molar-refractivity contribution in [3.8, 4) is 11.5 Å². The van der Waals surface area contributed by atoms with Gasteiger partial charge in [0, 0.05) is 11.8 Å². The van der Waals surface area contributed by atoms with Gasteiger partial charge in [0.2, 0.25) is 0 Å². The second-order valence-corrected chi connectivity index (χ2v) is 6.45. The number of urea groups is 1. The van der Waals surface area contributed by atoms with E-state index in [0.717, 1.165) is 5.56 Å². The van der Waals surface area contributed by atoms with Crippen molar-refractivity contribution in [2.45, 2.75) is 13.0 Å². The van der Waals surface area contributed by atoms with Crippen LogP contribution in [-0.2, 0) is 9.59 Å². The van der Waals surface area contributed by atoms with Crippen LogP contribution in [0, 0.1) is 0 Å². The van der Waals surface area contributed by atoms with Gasteiger partial charge in [0.1, 0.15) is 0 Å². The van der Waals surface area contributed by atoms with Gasteiger partial charge in [-0.25, -0.2) is 14.4 Å². The molecule has 2 amide bonds. The Hall–Kier alpha value is -4.07. The van der Waals surface area contributed by atoms with E-state index in [2.05, 4.69) is 10.6 Å². The Morgan fingerprint density at radius 3 is 2.50 bits per heavy atom. The maximum absolute atomic E-state index is 12.2. The molecule has 30 heavy (non-hydrogen) atoms. The minimum absolute atomic E-state index is 0.00666. The smallest absolute Gasteiger partial charge is 0.336 e. The number of aliphatic carboxylic acids is 1. The predicted molar refractivity (Wildman–Crippen MR) is 109 cm³/mol. The maximum Gasteiger partial charge on any atom is 0.336 e. The zero-order valence-corrected chi connectivity index (χ0v) is 16.3. The van der Waals surface area contributed by atoms with Gasteiger partial charge in [-0.15, -0.1) is 0 Å². The number of allylic oxidation sites excluding steroid dienone is 1. The van der Waals surface area contributed by atoms with E-state index in [-0.39, 0.29) is 22.8 Å². The van der Waals surface area contributed by atoms with Crippen LogP contribution >= 0.6 is 0 Å². The standard InChI is InChI=1S/C22H20N2O6/c1-13-19(21(26)27)20(24-22(28)23-13)15-9-10-16(17(12-15)29-2)30-18(25)11-8-14-6-4-3-5-7-14/h3-12,20H,1-2H3,(H,26,27)(H2,23,24,28)/b11-8+. The molecule has 0 radical (unpaired) electrons. The van der Waals surface area contributed by atoms with E-state index in [9.17, 15) is 19.5 Å². The summed E-state index contributed by atoms with van der Waals surface area (Å²) < 4.78 is 10.6. The van der Waals surface area contributed by atoms with Crippen molar-refractivity contribution in [2.24, 2.45) is 0 Å². The van der Waals surface area contributed by atoms with Crippen LogP contribution in [0.5, 0.6) is 11.5 Å². The highest BCUT2D eigenvalue weighted by Crippen LogP contribution is 2.34.